The van der Waals surface area contributed by atoms with Crippen molar-refractivity contribution in [3.8, 4) is 0 Å². The van der Waals surface area contributed by atoms with Gasteiger partial charge in [0.05, 0.1) is 5.69 Å². The number of benzene rings is 1. The summed E-state index contributed by atoms with van der Waals surface area (Å²) >= 11 is 1.45. The number of nitrogens with zero attached hydrogens (tertiary/aromatic N) is 2. The highest BCUT2D eigenvalue weighted by Crippen LogP contribution is 2.21. The molecule has 3 rings (SSSR count). The van der Waals surface area contributed by atoms with Crippen molar-refractivity contribution in [2.45, 2.75) is 20.8 Å². The minimum absolute atomic E-state index is 0.332. The molecule has 0 aliphatic rings. The molecule has 0 spiro atoms. The molecule has 0 saturated heterocycles. The molecule has 0 bridgehead atoms. The zero-order chi connectivity index (χ0) is 15.9. The molecule has 2 aromatic heterocycles. The molecule has 0 aliphatic carbocycles. The van der Waals surface area contributed by atoms with Crippen LogP contribution in [-0.4, -0.2) is 21.1 Å². The largest absolute Gasteiger partial charge is 0.319 e. The molecule has 112 valence electrons. The lowest BCUT2D eigenvalue weighted by Gasteiger charge is -2.05. The smallest absolute Gasteiger partial charge is 0.298 e. The maximum atomic E-state index is 12.5. The van der Waals surface area contributed by atoms with Gasteiger partial charge in [0.1, 0.15) is 5.69 Å². The van der Waals surface area contributed by atoms with E-state index in [0.29, 0.717) is 17.1 Å². The summed E-state index contributed by atoms with van der Waals surface area (Å²) in [5.74, 6) is -1.23. The molecule has 0 aliphatic heterocycles. The summed E-state index contributed by atoms with van der Waals surface area (Å²) in [6.07, 6.45) is 0. The van der Waals surface area contributed by atoms with Crippen LogP contribution in [0.3, 0.4) is 0 Å². The Bertz CT molecular complexity index is 875. The van der Waals surface area contributed by atoms with E-state index in [1.807, 2.05) is 31.4 Å². The highest BCUT2D eigenvalue weighted by molar-refractivity contribution is 7.15. The van der Waals surface area contributed by atoms with E-state index in [-0.39, 0.29) is 0 Å². The Morgan fingerprint density at radius 3 is 2.50 bits per heavy atom. The Balaban J connectivity index is 1.92. The topological polar surface area (TPSA) is 63.5 Å². The zero-order valence-electron chi connectivity index (χ0n) is 12.5. The number of hydrogen-bond donors (Lipinski definition) is 1. The van der Waals surface area contributed by atoms with E-state index in [1.54, 1.807) is 23.5 Å². The molecule has 1 N–H and O–H groups in total. The minimum atomic E-state index is -0.653. The molecule has 0 saturated carbocycles. The van der Waals surface area contributed by atoms with E-state index in [1.165, 1.54) is 11.3 Å². The molecule has 1 amide bonds. The first kappa shape index (κ1) is 14.5. The average Bonchev–Trinajstić information content (AvgIpc) is 2.99. The molecule has 22 heavy (non-hydrogen) atoms. The molecule has 3 aromatic rings. The summed E-state index contributed by atoms with van der Waals surface area (Å²) in [4.78, 5) is 29.8. The van der Waals surface area contributed by atoms with Gasteiger partial charge in [0.25, 0.3) is 11.7 Å². The number of anilines is 1. The SMILES string of the molecule is Cc1ccc(NC(=O)C(=O)c2c(C)nc3scc(C)n23)cc1. The van der Waals surface area contributed by atoms with Crippen LogP contribution >= 0.6 is 11.3 Å². The summed E-state index contributed by atoms with van der Waals surface area (Å²) in [7, 11) is 0. The van der Waals surface area contributed by atoms with Gasteiger partial charge in [0.2, 0.25) is 0 Å². The fourth-order valence-electron chi connectivity index (χ4n) is 2.30. The van der Waals surface area contributed by atoms with Crippen LogP contribution in [0.25, 0.3) is 4.96 Å². The Kier molecular flexibility index (Phi) is 3.54. The second-order valence-electron chi connectivity index (χ2n) is 5.19. The van der Waals surface area contributed by atoms with Crippen molar-refractivity contribution < 1.29 is 9.59 Å². The fourth-order valence-corrected chi connectivity index (χ4v) is 3.21. The number of thiazole rings is 1. The maximum absolute atomic E-state index is 12.5. The Hall–Kier alpha value is -2.47. The van der Waals surface area contributed by atoms with Gasteiger partial charge in [0.15, 0.2) is 4.96 Å². The predicted octanol–water partition coefficient (Wildman–Crippen LogP) is 3.14. The normalized spacial score (nSPS) is 10.9. The first-order chi connectivity index (χ1) is 10.5. The number of fused-ring (bicyclic) bond motifs is 1. The van der Waals surface area contributed by atoms with Crippen LogP contribution in [0.4, 0.5) is 5.69 Å². The van der Waals surface area contributed by atoms with E-state index in [9.17, 15) is 9.59 Å². The number of hydrogen-bond acceptors (Lipinski definition) is 4. The van der Waals surface area contributed by atoms with E-state index >= 15 is 0 Å². The lowest BCUT2D eigenvalue weighted by atomic mass is 10.2. The monoisotopic (exact) mass is 313 g/mol. The third-order valence-electron chi connectivity index (χ3n) is 3.44. The number of aryl methyl sites for hydroxylation is 3. The van der Waals surface area contributed by atoms with E-state index in [4.69, 9.17) is 0 Å². The van der Waals surface area contributed by atoms with Crippen molar-refractivity contribution in [3.05, 3.63) is 52.3 Å². The minimum Gasteiger partial charge on any atom is -0.319 e. The predicted molar refractivity (Wildman–Crippen MR) is 86.7 cm³/mol. The van der Waals surface area contributed by atoms with Gasteiger partial charge in [-0.15, -0.1) is 11.3 Å². The second kappa shape index (κ2) is 5.38. The van der Waals surface area contributed by atoms with Crippen molar-refractivity contribution >= 4 is 33.7 Å². The van der Waals surface area contributed by atoms with Crippen LogP contribution in [0.15, 0.2) is 29.6 Å². The third-order valence-corrected chi connectivity index (χ3v) is 4.38. The van der Waals surface area contributed by atoms with E-state index < -0.39 is 11.7 Å². The van der Waals surface area contributed by atoms with Crippen LogP contribution in [-0.2, 0) is 4.79 Å². The molecule has 0 radical (unpaired) electrons. The quantitative estimate of drug-likeness (QED) is 0.597. The number of nitrogens with one attached hydrogen (secondary N) is 1. The van der Waals surface area contributed by atoms with Gasteiger partial charge >= 0.3 is 0 Å². The summed E-state index contributed by atoms with van der Waals surface area (Å²) in [6.45, 7) is 5.59. The van der Waals surface area contributed by atoms with Gasteiger partial charge in [-0.05, 0) is 32.9 Å². The Morgan fingerprint density at radius 2 is 1.82 bits per heavy atom. The van der Waals surface area contributed by atoms with Gasteiger partial charge in [0, 0.05) is 16.8 Å². The summed E-state index contributed by atoms with van der Waals surface area (Å²) in [6, 6.07) is 7.31. The number of rotatable bonds is 3. The van der Waals surface area contributed by atoms with Crippen molar-refractivity contribution in [2.24, 2.45) is 0 Å². The van der Waals surface area contributed by atoms with Gasteiger partial charge < -0.3 is 5.32 Å². The molecule has 0 unspecified atom stereocenters. The molecule has 5 nitrogen and oxygen atoms in total. The molecular formula is C16H15N3O2S. The lowest BCUT2D eigenvalue weighted by Crippen LogP contribution is -2.25. The number of Topliss-reactive ketones (excluding diaryl/α,β-unsaturated/α-hetero) is 1. The summed E-state index contributed by atoms with van der Waals surface area (Å²) in [5, 5.41) is 4.55. The average molecular weight is 313 g/mol. The van der Waals surface area contributed by atoms with Gasteiger partial charge in [-0.3, -0.25) is 14.0 Å². The van der Waals surface area contributed by atoms with Crippen LogP contribution < -0.4 is 5.32 Å². The van der Waals surface area contributed by atoms with Crippen LogP contribution in [0.1, 0.15) is 27.4 Å². The van der Waals surface area contributed by atoms with Gasteiger partial charge in [-0.2, -0.15) is 0 Å². The number of ketones is 1. The van der Waals surface area contributed by atoms with Crippen molar-refractivity contribution in [2.75, 3.05) is 5.32 Å². The lowest BCUT2D eigenvalue weighted by molar-refractivity contribution is -0.112. The van der Waals surface area contributed by atoms with E-state index in [0.717, 1.165) is 16.2 Å². The van der Waals surface area contributed by atoms with Crippen LogP contribution in [0, 0.1) is 20.8 Å². The summed E-state index contributed by atoms with van der Waals surface area (Å²) in [5.41, 5.74) is 3.49. The number of carbonyl (C=O) groups is 2. The van der Waals surface area contributed by atoms with Gasteiger partial charge in [-0.25, -0.2) is 4.98 Å². The van der Waals surface area contributed by atoms with E-state index in [2.05, 4.69) is 10.3 Å². The molecule has 0 fully saturated rings. The van der Waals surface area contributed by atoms with Crippen molar-refractivity contribution in [1.29, 1.82) is 0 Å². The van der Waals surface area contributed by atoms with Crippen LogP contribution in [0.5, 0.6) is 0 Å². The maximum Gasteiger partial charge on any atom is 0.298 e. The molecule has 1 aromatic carbocycles. The molecular weight excluding hydrogens is 298 g/mol. The standard InChI is InChI=1S/C16H15N3O2S/c1-9-4-6-12(7-5-9)18-15(21)14(20)13-11(3)17-16-19(13)10(2)8-22-16/h4-8H,1-3H3,(H,18,21). The second-order valence-corrected chi connectivity index (χ2v) is 6.03. The fraction of sp³-hybridized carbons (Fsp3) is 0.188. The van der Waals surface area contributed by atoms with Crippen molar-refractivity contribution in [1.82, 2.24) is 9.38 Å². The zero-order valence-corrected chi connectivity index (χ0v) is 13.3. The van der Waals surface area contributed by atoms with Crippen LogP contribution in [0.2, 0.25) is 0 Å². The first-order valence-corrected chi connectivity index (χ1v) is 7.71. The first-order valence-electron chi connectivity index (χ1n) is 6.83. The summed E-state index contributed by atoms with van der Waals surface area (Å²) < 4.78 is 1.73. The number of aromatic nitrogens is 2. The number of imidazole rings is 1. The third kappa shape index (κ3) is 2.42. The Labute approximate surface area is 131 Å². The molecule has 2 heterocycles. The molecule has 0 atom stereocenters. The van der Waals surface area contributed by atoms with Crippen molar-refractivity contribution in [3.63, 3.8) is 0 Å². The number of amides is 1. The number of carbonyl (C=O) groups excluding carboxylic acids is 2. The highest BCUT2D eigenvalue weighted by atomic mass is 32.1. The molecule has 6 heteroatoms. The highest BCUT2D eigenvalue weighted by Gasteiger charge is 2.24. The van der Waals surface area contributed by atoms with Gasteiger partial charge in [-0.1, -0.05) is 17.7 Å². The Morgan fingerprint density at radius 1 is 1.14 bits per heavy atom.